The van der Waals surface area contributed by atoms with Gasteiger partial charge in [-0.25, -0.2) is 0 Å². The van der Waals surface area contributed by atoms with Gasteiger partial charge in [-0.1, -0.05) is 13.3 Å². The fourth-order valence-electron chi connectivity index (χ4n) is 2.03. The molecule has 1 atom stereocenters. The molecule has 0 saturated carbocycles. The van der Waals surface area contributed by atoms with Crippen molar-refractivity contribution >= 4 is 11.6 Å². The zero-order chi connectivity index (χ0) is 19.0. The molecule has 0 bridgehead atoms. The van der Waals surface area contributed by atoms with Gasteiger partial charge in [0, 0.05) is 5.69 Å². The highest BCUT2D eigenvalue weighted by Gasteiger charge is 2.27. The third kappa shape index (κ3) is 5.75. The molecule has 2 rings (SSSR count). The molecule has 140 valence electrons. The Bertz CT molecular complexity index is 697. The molecule has 26 heavy (non-hydrogen) atoms. The van der Waals surface area contributed by atoms with Gasteiger partial charge in [0.25, 0.3) is 0 Å². The van der Waals surface area contributed by atoms with Crippen molar-refractivity contribution in [3.05, 3.63) is 48.5 Å². The van der Waals surface area contributed by atoms with E-state index in [9.17, 15) is 4.79 Å². The number of hydrogen-bond donors (Lipinski definition) is 3. The van der Waals surface area contributed by atoms with Gasteiger partial charge in [-0.05, 0) is 61.9 Å². The summed E-state index contributed by atoms with van der Waals surface area (Å²) < 4.78 is 11.4. The number of unbranched alkanes of at least 4 members (excludes halogenated alkanes) is 1. The maximum absolute atomic E-state index is 11.9. The third-order valence-electron chi connectivity index (χ3n) is 3.79. The van der Waals surface area contributed by atoms with E-state index < -0.39 is 18.1 Å². The normalized spacial score (nSPS) is 12.9. The minimum atomic E-state index is -1.32. The minimum Gasteiger partial charge on any atom is -0.494 e. The summed E-state index contributed by atoms with van der Waals surface area (Å²) in [6.07, 6.45) is 2.13. The van der Waals surface area contributed by atoms with Crippen LogP contribution in [-0.2, 0) is 4.79 Å². The maximum Gasteiger partial charge on any atom is 0.246 e. The van der Waals surface area contributed by atoms with E-state index in [2.05, 4.69) is 12.2 Å². The van der Waals surface area contributed by atoms with Crippen molar-refractivity contribution in [3.8, 4) is 17.2 Å². The largest absolute Gasteiger partial charge is 0.494 e. The van der Waals surface area contributed by atoms with E-state index >= 15 is 0 Å². The predicted octanol–water partition coefficient (Wildman–Crippen LogP) is 3.31. The highest BCUT2D eigenvalue weighted by Crippen LogP contribution is 2.25. The smallest absolute Gasteiger partial charge is 0.246 e. The number of aliphatic hydroxyl groups excluding tert-OH is 1. The van der Waals surface area contributed by atoms with E-state index in [4.69, 9.17) is 20.3 Å². The van der Waals surface area contributed by atoms with Gasteiger partial charge < -0.3 is 25.6 Å². The number of aliphatic hydroxyl groups is 1. The van der Waals surface area contributed by atoms with Crippen LogP contribution in [0.5, 0.6) is 17.2 Å². The lowest BCUT2D eigenvalue weighted by Crippen LogP contribution is -2.51. The number of ether oxygens (including phenoxy) is 2. The van der Waals surface area contributed by atoms with Crippen LogP contribution in [0.4, 0.5) is 5.69 Å². The number of amides is 1. The maximum atomic E-state index is 11.9. The van der Waals surface area contributed by atoms with Gasteiger partial charge in [-0.3, -0.25) is 4.79 Å². The fourth-order valence-corrected chi connectivity index (χ4v) is 2.03. The number of nitrogens with two attached hydrogens (primary N) is 1. The molecule has 0 unspecified atom stereocenters. The zero-order valence-electron chi connectivity index (χ0n) is 15.2. The lowest BCUT2D eigenvalue weighted by molar-refractivity contribution is -0.121. The molecular weight excluding hydrogens is 332 g/mol. The van der Waals surface area contributed by atoms with Gasteiger partial charge in [-0.15, -0.1) is 0 Å². The summed E-state index contributed by atoms with van der Waals surface area (Å²) in [5, 5.41) is 11.8. The first-order valence-electron chi connectivity index (χ1n) is 8.66. The Morgan fingerprint density at radius 3 is 2.15 bits per heavy atom. The van der Waals surface area contributed by atoms with Crippen molar-refractivity contribution in [2.24, 2.45) is 5.73 Å². The van der Waals surface area contributed by atoms with Crippen LogP contribution in [0.15, 0.2) is 48.5 Å². The second-order valence-electron chi connectivity index (χ2n) is 6.33. The Hall–Kier alpha value is -2.57. The number of benzene rings is 2. The van der Waals surface area contributed by atoms with Gasteiger partial charge in [0.1, 0.15) is 22.8 Å². The van der Waals surface area contributed by atoms with Gasteiger partial charge in [-0.2, -0.15) is 0 Å². The molecular formula is C20H26N2O4. The summed E-state index contributed by atoms with van der Waals surface area (Å²) in [5.41, 5.74) is 4.95. The number of nitrogens with one attached hydrogen (secondary N) is 1. The van der Waals surface area contributed by atoms with E-state index in [-0.39, 0.29) is 0 Å². The first-order valence-corrected chi connectivity index (χ1v) is 8.66. The van der Waals surface area contributed by atoms with Gasteiger partial charge in [0.05, 0.1) is 13.2 Å². The Kier molecular flexibility index (Phi) is 7.00. The third-order valence-corrected chi connectivity index (χ3v) is 3.79. The van der Waals surface area contributed by atoms with Gasteiger partial charge in [0.15, 0.2) is 0 Å². The van der Waals surface area contributed by atoms with E-state index in [1.165, 1.54) is 6.92 Å². The number of rotatable bonds is 9. The topological polar surface area (TPSA) is 93.8 Å². The Morgan fingerprint density at radius 1 is 1.08 bits per heavy atom. The average molecular weight is 358 g/mol. The van der Waals surface area contributed by atoms with Crippen LogP contribution in [0.1, 0.15) is 26.7 Å². The van der Waals surface area contributed by atoms with E-state index in [0.29, 0.717) is 23.8 Å². The molecule has 6 heteroatoms. The van der Waals surface area contributed by atoms with Crippen molar-refractivity contribution < 1.29 is 19.4 Å². The zero-order valence-corrected chi connectivity index (χ0v) is 15.2. The summed E-state index contributed by atoms with van der Waals surface area (Å²) in [5.74, 6) is 1.70. The lowest BCUT2D eigenvalue weighted by atomic mass is 10.0. The van der Waals surface area contributed by atoms with Crippen LogP contribution in [0.3, 0.4) is 0 Å². The van der Waals surface area contributed by atoms with E-state index in [1.807, 2.05) is 24.3 Å². The highest BCUT2D eigenvalue weighted by molar-refractivity contribution is 5.97. The van der Waals surface area contributed by atoms with Gasteiger partial charge in [0.2, 0.25) is 5.91 Å². The Labute approximate surface area is 153 Å². The van der Waals surface area contributed by atoms with Crippen LogP contribution in [-0.4, -0.2) is 29.8 Å². The standard InChI is InChI=1S/C20H26N2O4/c1-3-4-13-25-16-9-11-18(12-10-16)26-17-7-5-15(6-8-17)22-19(24)20(2,21)14-23/h5-12,23H,3-4,13-14,21H2,1-2H3,(H,22,24)/t20-/m0/s1. The van der Waals surface area contributed by atoms with Crippen molar-refractivity contribution in [1.29, 1.82) is 0 Å². The highest BCUT2D eigenvalue weighted by atomic mass is 16.5. The van der Waals surface area contributed by atoms with Crippen molar-refractivity contribution in [3.63, 3.8) is 0 Å². The quantitative estimate of drug-likeness (QED) is 0.598. The van der Waals surface area contributed by atoms with E-state index in [1.54, 1.807) is 24.3 Å². The second kappa shape index (κ2) is 9.22. The summed E-state index contributed by atoms with van der Waals surface area (Å²) in [7, 11) is 0. The van der Waals surface area contributed by atoms with Crippen molar-refractivity contribution in [2.75, 3.05) is 18.5 Å². The molecule has 2 aromatic carbocycles. The molecule has 0 aromatic heterocycles. The summed E-state index contributed by atoms with van der Waals surface area (Å²) >= 11 is 0. The number of carbonyl (C=O) groups excluding carboxylic acids is 1. The average Bonchev–Trinajstić information content (AvgIpc) is 2.65. The van der Waals surface area contributed by atoms with Crippen LogP contribution in [0, 0.1) is 0 Å². The molecule has 2 aromatic rings. The van der Waals surface area contributed by atoms with Crippen molar-refractivity contribution in [2.45, 2.75) is 32.2 Å². The minimum absolute atomic E-state index is 0.432. The predicted molar refractivity (Wildman–Crippen MR) is 102 cm³/mol. The van der Waals surface area contributed by atoms with Crippen LogP contribution < -0.4 is 20.5 Å². The second-order valence-corrected chi connectivity index (χ2v) is 6.33. The first kappa shape index (κ1) is 19.8. The monoisotopic (exact) mass is 358 g/mol. The number of hydrogen-bond acceptors (Lipinski definition) is 5. The van der Waals surface area contributed by atoms with Crippen LogP contribution in [0.25, 0.3) is 0 Å². The van der Waals surface area contributed by atoms with E-state index in [0.717, 1.165) is 18.6 Å². The SMILES string of the molecule is CCCCOc1ccc(Oc2ccc(NC(=O)[C@@](C)(N)CO)cc2)cc1. The fraction of sp³-hybridized carbons (Fsp3) is 0.350. The van der Waals surface area contributed by atoms with Crippen LogP contribution in [0.2, 0.25) is 0 Å². The molecule has 0 aliphatic carbocycles. The Balaban J connectivity index is 1.91. The molecule has 0 fully saturated rings. The molecule has 6 nitrogen and oxygen atoms in total. The Morgan fingerprint density at radius 2 is 1.62 bits per heavy atom. The molecule has 0 heterocycles. The molecule has 0 radical (unpaired) electrons. The summed E-state index contributed by atoms with van der Waals surface area (Å²) in [4.78, 5) is 11.9. The molecule has 4 N–H and O–H groups in total. The molecule has 0 aliphatic heterocycles. The molecule has 0 spiro atoms. The first-order chi connectivity index (χ1) is 12.4. The molecule has 0 aliphatic rings. The molecule has 0 saturated heterocycles. The number of carbonyl (C=O) groups is 1. The lowest BCUT2D eigenvalue weighted by Gasteiger charge is -2.20. The molecule has 1 amide bonds. The number of anilines is 1. The van der Waals surface area contributed by atoms with Crippen LogP contribution >= 0.6 is 0 Å². The van der Waals surface area contributed by atoms with Gasteiger partial charge >= 0.3 is 0 Å². The summed E-state index contributed by atoms with van der Waals surface area (Å²) in [6.45, 7) is 3.87. The van der Waals surface area contributed by atoms with Crippen molar-refractivity contribution in [1.82, 2.24) is 0 Å². The summed E-state index contributed by atoms with van der Waals surface area (Å²) in [6, 6.07) is 14.3.